The Labute approximate surface area is 149 Å². The molecule has 26 heavy (non-hydrogen) atoms. The van der Waals surface area contributed by atoms with Crippen LogP contribution >= 0.6 is 0 Å². The van der Waals surface area contributed by atoms with Crippen LogP contribution in [0, 0.1) is 0 Å². The Bertz CT molecular complexity index is 1040. The third-order valence-corrected chi connectivity index (χ3v) is 4.66. The van der Waals surface area contributed by atoms with E-state index in [2.05, 4.69) is 0 Å². The van der Waals surface area contributed by atoms with Crippen LogP contribution in [0.15, 0.2) is 54.6 Å². The molecule has 2 heterocycles. The molecule has 1 N–H and O–H groups in total. The fraction of sp³-hybridized carbons (Fsp3) is 0.0952. The summed E-state index contributed by atoms with van der Waals surface area (Å²) in [6.45, 7) is 0.456. The zero-order valence-electron chi connectivity index (χ0n) is 13.7. The number of ether oxygens (including phenoxy) is 3. The van der Waals surface area contributed by atoms with Gasteiger partial charge < -0.3 is 19.3 Å². The summed E-state index contributed by atoms with van der Waals surface area (Å²) in [4.78, 5) is 13.1. The lowest BCUT2D eigenvalue weighted by Gasteiger charge is -2.08. The lowest BCUT2D eigenvalue weighted by molar-refractivity contribution is 0.103. The Kier molecular flexibility index (Phi) is 3.15. The van der Waals surface area contributed by atoms with Crippen LogP contribution < -0.4 is 14.2 Å². The van der Waals surface area contributed by atoms with Crippen molar-refractivity contribution in [2.24, 2.45) is 0 Å². The largest absolute Gasteiger partial charge is 0.508 e. The second kappa shape index (κ2) is 5.52. The van der Waals surface area contributed by atoms with Gasteiger partial charge in [-0.25, -0.2) is 0 Å². The fourth-order valence-electron chi connectivity index (χ4n) is 3.27. The van der Waals surface area contributed by atoms with Crippen LogP contribution in [-0.2, 0) is 6.61 Å². The second-order valence-corrected chi connectivity index (χ2v) is 6.24. The zero-order chi connectivity index (χ0) is 17.7. The number of rotatable bonds is 1. The number of carbonyl (C=O) groups excluding carboxylic acids is 1. The van der Waals surface area contributed by atoms with Gasteiger partial charge in [-0.3, -0.25) is 4.79 Å². The molecule has 0 spiro atoms. The van der Waals surface area contributed by atoms with Gasteiger partial charge in [0.2, 0.25) is 6.79 Å². The van der Waals surface area contributed by atoms with Gasteiger partial charge in [-0.15, -0.1) is 0 Å². The molecule has 2 aliphatic rings. The first-order chi connectivity index (χ1) is 12.7. The van der Waals surface area contributed by atoms with Crippen LogP contribution in [0.1, 0.15) is 21.5 Å². The van der Waals surface area contributed by atoms with E-state index in [1.165, 1.54) is 0 Å². The summed E-state index contributed by atoms with van der Waals surface area (Å²) in [5, 5.41) is 9.47. The summed E-state index contributed by atoms with van der Waals surface area (Å²) in [6.07, 6.45) is 0. The fourth-order valence-corrected chi connectivity index (χ4v) is 3.27. The van der Waals surface area contributed by atoms with E-state index in [4.69, 9.17) is 14.2 Å². The molecule has 0 saturated heterocycles. The molecule has 0 atom stereocenters. The molecule has 0 saturated carbocycles. The number of hydrogen-bond acceptors (Lipinski definition) is 5. The van der Waals surface area contributed by atoms with Crippen LogP contribution in [0.5, 0.6) is 23.0 Å². The lowest BCUT2D eigenvalue weighted by atomic mass is 9.94. The third kappa shape index (κ3) is 2.29. The lowest BCUT2D eigenvalue weighted by Crippen LogP contribution is -2.03. The molecule has 0 aliphatic carbocycles. The standard InChI is InChI=1S/C21H14O5/c22-15-5-3-12(4-6-15)13-1-2-14-10-24-18-9-20-19(25-11-26-20)8-17(18)21(23)16(14)7-13/h1-9,22H,10-11H2. The van der Waals surface area contributed by atoms with Crippen molar-refractivity contribution in [2.75, 3.05) is 6.79 Å². The van der Waals surface area contributed by atoms with Crippen LogP contribution in [-0.4, -0.2) is 17.7 Å². The molecule has 5 nitrogen and oxygen atoms in total. The minimum absolute atomic E-state index is 0.105. The molecule has 0 aromatic heterocycles. The van der Waals surface area contributed by atoms with Crippen LogP contribution in [0.2, 0.25) is 0 Å². The van der Waals surface area contributed by atoms with Crippen molar-refractivity contribution < 1.29 is 24.1 Å². The van der Waals surface area contributed by atoms with Crippen molar-refractivity contribution in [3.63, 3.8) is 0 Å². The van der Waals surface area contributed by atoms with Crippen LogP contribution in [0.4, 0.5) is 0 Å². The Morgan fingerprint density at radius 3 is 2.27 bits per heavy atom. The molecule has 0 fully saturated rings. The van der Waals surface area contributed by atoms with Crippen LogP contribution in [0.3, 0.4) is 0 Å². The highest BCUT2D eigenvalue weighted by Gasteiger charge is 2.27. The average molecular weight is 346 g/mol. The number of ketones is 1. The molecule has 5 heteroatoms. The third-order valence-electron chi connectivity index (χ3n) is 4.66. The van der Waals surface area contributed by atoms with E-state index in [0.717, 1.165) is 16.7 Å². The molecular formula is C21H14O5. The second-order valence-electron chi connectivity index (χ2n) is 6.24. The van der Waals surface area contributed by atoms with Gasteiger partial charge in [0.15, 0.2) is 17.3 Å². The number of benzene rings is 3. The summed E-state index contributed by atoms with van der Waals surface area (Å²) < 4.78 is 16.6. The average Bonchev–Trinajstić information content (AvgIpc) is 3.08. The van der Waals surface area contributed by atoms with Crippen molar-refractivity contribution in [3.8, 4) is 34.1 Å². The van der Waals surface area contributed by atoms with Gasteiger partial charge in [0, 0.05) is 17.2 Å². The summed E-state index contributed by atoms with van der Waals surface area (Å²) in [5.74, 6) is 1.75. The molecule has 2 aliphatic heterocycles. The number of aromatic hydroxyl groups is 1. The number of fused-ring (bicyclic) bond motifs is 3. The first-order valence-corrected chi connectivity index (χ1v) is 8.22. The first-order valence-electron chi connectivity index (χ1n) is 8.22. The van der Waals surface area contributed by atoms with E-state index < -0.39 is 0 Å². The number of carbonyl (C=O) groups is 1. The molecule has 5 rings (SSSR count). The van der Waals surface area contributed by atoms with Gasteiger partial charge >= 0.3 is 0 Å². The van der Waals surface area contributed by atoms with Crippen molar-refractivity contribution in [3.05, 3.63) is 71.3 Å². The number of phenolic OH excluding ortho intramolecular Hbond substituents is 1. The molecule has 0 radical (unpaired) electrons. The van der Waals surface area contributed by atoms with Crippen molar-refractivity contribution >= 4 is 5.78 Å². The number of hydrogen-bond donors (Lipinski definition) is 1. The highest BCUT2D eigenvalue weighted by Crippen LogP contribution is 2.41. The van der Waals surface area contributed by atoms with E-state index in [-0.39, 0.29) is 18.3 Å². The molecule has 0 bridgehead atoms. The normalized spacial score (nSPS) is 14.2. The summed E-state index contributed by atoms with van der Waals surface area (Å²) in [5.41, 5.74) is 3.73. The summed E-state index contributed by atoms with van der Waals surface area (Å²) in [7, 11) is 0. The van der Waals surface area contributed by atoms with Gasteiger partial charge in [0.05, 0.1) is 5.56 Å². The quantitative estimate of drug-likeness (QED) is 0.724. The van der Waals surface area contributed by atoms with E-state index in [1.54, 1.807) is 24.3 Å². The van der Waals surface area contributed by atoms with E-state index in [1.807, 2.05) is 30.3 Å². The van der Waals surface area contributed by atoms with Gasteiger partial charge in [-0.05, 0) is 35.4 Å². The molecule has 3 aromatic carbocycles. The predicted molar refractivity (Wildman–Crippen MR) is 93.9 cm³/mol. The van der Waals surface area contributed by atoms with Crippen molar-refractivity contribution in [1.29, 1.82) is 0 Å². The van der Waals surface area contributed by atoms with Crippen LogP contribution in [0.25, 0.3) is 11.1 Å². The smallest absolute Gasteiger partial charge is 0.231 e. The maximum Gasteiger partial charge on any atom is 0.231 e. The monoisotopic (exact) mass is 346 g/mol. The highest BCUT2D eigenvalue weighted by atomic mass is 16.7. The first kappa shape index (κ1) is 14.8. The Morgan fingerprint density at radius 2 is 1.46 bits per heavy atom. The summed E-state index contributed by atoms with van der Waals surface area (Å²) >= 11 is 0. The maximum absolute atomic E-state index is 13.1. The maximum atomic E-state index is 13.1. The SMILES string of the molecule is O=C1c2cc(-c3ccc(O)cc3)ccc2COc2cc3c(cc21)OCO3. The number of phenols is 1. The molecule has 3 aromatic rings. The van der Waals surface area contributed by atoms with Crippen molar-refractivity contribution in [1.82, 2.24) is 0 Å². The molecule has 0 unspecified atom stereocenters. The van der Waals surface area contributed by atoms with Gasteiger partial charge in [-0.1, -0.05) is 24.3 Å². The highest BCUT2D eigenvalue weighted by molar-refractivity contribution is 6.13. The van der Waals surface area contributed by atoms with E-state index >= 15 is 0 Å². The van der Waals surface area contributed by atoms with E-state index in [9.17, 15) is 9.90 Å². The minimum Gasteiger partial charge on any atom is -0.508 e. The van der Waals surface area contributed by atoms with Gasteiger partial charge in [-0.2, -0.15) is 0 Å². The topological polar surface area (TPSA) is 65.0 Å². The molecule has 0 amide bonds. The molecular weight excluding hydrogens is 332 g/mol. The minimum atomic E-state index is -0.105. The van der Waals surface area contributed by atoms with E-state index in [0.29, 0.717) is 35.0 Å². The van der Waals surface area contributed by atoms with Gasteiger partial charge in [0.25, 0.3) is 0 Å². The summed E-state index contributed by atoms with van der Waals surface area (Å²) in [6, 6.07) is 16.0. The van der Waals surface area contributed by atoms with Crippen molar-refractivity contribution in [2.45, 2.75) is 6.61 Å². The Morgan fingerprint density at radius 1 is 0.731 bits per heavy atom. The Hall–Kier alpha value is -3.47. The van der Waals surface area contributed by atoms with Gasteiger partial charge in [0.1, 0.15) is 18.1 Å². The predicted octanol–water partition coefficient (Wildman–Crippen LogP) is 3.91. The Balaban J connectivity index is 1.62. The zero-order valence-corrected chi connectivity index (χ0v) is 13.7. The molecule has 128 valence electrons.